The van der Waals surface area contributed by atoms with Crippen LogP contribution in [0.5, 0.6) is 0 Å². The van der Waals surface area contributed by atoms with E-state index in [9.17, 15) is 0 Å². The maximum Gasteiger partial charge on any atom is 0.0376 e. The third kappa shape index (κ3) is 5.38. The van der Waals surface area contributed by atoms with Gasteiger partial charge in [-0.3, -0.25) is 5.84 Å². The molecule has 0 radical (unpaired) electrons. The highest BCUT2D eigenvalue weighted by molar-refractivity contribution is 5.85. The fraction of sp³-hybridized carbons (Fsp3) is 0.250. The summed E-state index contributed by atoms with van der Waals surface area (Å²) < 4.78 is 0. The monoisotopic (exact) mass is 208 g/mol. The van der Waals surface area contributed by atoms with Gasteiger partial charge in [-0.05, 0) is 5.56 Å². The molecule has 1 aromatic rings. The summed E-state index contributed by atoms with van der Waals surface area (Å²) in [5, 5.41) is 1.66. The highest BCUT2D eigenvalue weighted by Crippen LogP contribution is 1.98. The number of hydrogen-bond acceptors (Lipinski definition) is 2. The van der Waals surface area contributed by atoms with Crippen molar-refractivity contribution in [2.24, 2.45) is 5.84 Å². The van der Waals surface area contributed by atoms with Crippen LogP contribution in [0.3, 0.4) is 0 Å². The molecule has 0 bridgehead atoms. The molecule has 70 valence electrons. The van der Waals surface area contributed by atoms with Crippen LogP contribution in [0.25, 0.3) is 0 Å². The molecule has 0 spiro atoms. The Morgan fingerprint density at radius 3 is 2.08 bits per heavy atom. The summed E-state index contributed by atoms with van der Waals surface area (Å²) in [6.45, 7) is 0.806. The van der Waals surface area contributed by atoms with Crippen molar-refractivity contribution in [2.75, 3.05) is 7.05 Å². The Bertz CT molecular complexity index is 190. The van der Waals surface area contributed by atoms with E-state index >= 15 is 0 Å². The number of rotatable bonds is 2. The van der Waals surface area contributed by atoms with E-state index in [0.29, 0.717) is 0 Å². The number of benzene rings is 1. The van der Waals surface area contributed by atoms with Gasteiger partial charge in [0, 0.05) is 13.6 Å². The number of nitrogens with two attached hydrogens (primary N) is 1. The van der Waals surface area contributed by atoms with Gasteiger partial charge in [0.15, 0.2) is 0 Å². The summed E-state index contributed by atoms with van der Waals surface area (Å²) >= 11 is 0. The van der Waals surface area contributed by atoms with Gasteiger partial charge in [0.1, 0.15) is 0 Å². The minimum Gasteiger partial charge on any atom is -0.269 e. The summed E-state index contributed by atoms with van der Waals surface area (Å²) in [6.07, 6.45) is 0. The molecular weight excluding hydrogens is 195 g/mol. The third-order valence-electron chi connectivity index (χ3n) is 1.27. The maximum absolute atomic E-state index is 5.46. The molecule has 1 aromatic carbocycles. The molecule has 1 rings (SSSR count). The molecule has 0 aromatic heterocycles. The van der Waals surface area contributed by atoms with Crippen molar-refractivity contribution in [3.05, 3.63) is 35.9 Å². The molecule has 0 saturated carbocycles. The average Bonchev–Trinajstić information content (AvgIpc) is 1.88. The van der Waals surface area contributed by atoms with E-state index in [1.807, 2.05) is 25.2 Å². The molecule has 0 fully saturated rings. The number of hydrazine groups is 1. The van der Waals surface area contributed by atoms with Gasteiger partial charge < -0.3 is 0 Å². The molecule has 0 heterocycles. The number of halogens is 2. The lowest BCUT2D eigenvalue weighted by atomic mass is 10.2. The Hall–Kier alpha value is -0.280. The second-order valence-electron chi connectivity index (χ2n) is 2.40. The van der Waals surface area contributed by atoms with Crippen LogP contribution in [0.15, 0.2) is 30.3 Å². The smallest absolute Gasteiger partial charge is 0.0376 e. The van der Waals surface area contributed by atoms with E-state index in [-0.39, 0.29) is 24.8 Å². The van der Waals surface area contributed by atoms with Gasteiger partial charge in [-0.2, -0.15) is 0 Å². The lowest BCUT2D eigenvalue weighted by Crippen LogP contribution is -2.24. The predicted octanol–water partition coefficient (Wildman–Crippen LogP) is 1.84. The van der Waals surface area contributed by atoms with Crippen molar-refractivity contribution in [1.29, 1.82) is 0 Å². The van der Waals surface area contributed by atoms with Gasteiger partial charge in [-0.15, -0.1) is 24.8 Å². The Kier molecular flexibility index (Phi) is 8.76. The van der Waals surface area contributed by atoms with Gasteiger partial charge in [0.05, 0.1) is 0 Å². The summed E-state index contributed by atoms with van der Waals surface area (Å²) in [5.74, 6) is 5.46. The second kappa shape index (κ2) is 7.37. The van der Waals surface area contributed by atoms with Gasteiger partial charge in [-0.1, -0.05) is 30.3 Å². The molecule has 2 N–H and O–H groups in total. The first-order valence-corrected chi connectivity index (χ1v) is 3.29. The molecule has 0 atom stereocenters. The molecule has 2 nitrogen and oxygen atoms in total. The van der Waals surface area contributed by atoms with Gasteiger partial charge >= 0.3 is 0 Å². The quantitative estimate of drug-likeness (QED) is 0.594. The molecule has 0 unspecified atom stereocenters. The largest absolute Gasteiger partial charge is 0.269 e. The van der Waals surface area contributed by atoms with Gasteiger partial charge in [0.25, 0.3) is 0 Å². The minimum atomic E-state index is 0. The normalized spacial score (nSPS) is 8.58. The van der Waals surface area contributed by atoms with E-state index in [2.05, 4.69) is 12.1 Å². The first-order chi connectivity index (χ1) is 4.79. The van der Waals surface area contributed by atoms with Crippen molar-refractivity contribution in [2.45, 2.75) is 6.54 Å². The Morgan fingerprint density at radius 2 is 1.67 bits per heavy atom. The molecular formula is C8H14Cl2N2. The van der Waals surface area contributed by atoms with Crippen molar-refractivity contribution >= 4 is 24.8 Å². The summed E-state index contributed by atoms with van der Waals surface area (Å²) in [7, 11) is 1.85. The fourth-order valence-electron chi connectivity index (χ4n) is 0.871. The van der Waals surface area contributed by atoms with Crippen LogP contribution in [0, 0.1) is 0 Å². The maximum atomic E-state index is 5.46. The van der Waals surface area contributed by atoms with Crippen molar-refractivity contribution < 1.29 is 0 Å². The van der Waals surface area contributed by atoms with Crippen LogP contribution in [0.2, 0.25) is 0 Å². The topological polar surface area (TPSA) is 29.3 Å². The van der Waals surface area contributed by atoms with Crippen LogP contribution in [-0.4, -0.2) is 12.1 Å². The summed E-state index contributed by atoms with van der Waals surface area (Å²) in [6, 6.07) is 10.1. The SMILES string of the molecule is CN(N)Cc1ccccc1.Cl.Cl. The van der Waals surface area contributed by atoms with Gasteiger partial charge in [0.2, 0.25) is 0 Å². The first-order valence-electron chi connectivity index (χ1n) is 3.29. The molecule has 0 aliphatic carbocycles. The van der Waals surface area contributed by atoms with Crippen molar-refractivity contribution in [1.82, 2.24) is 5.01 Å². The van der Waals surface area contributed by atoms with E-state index in [1.165, 1.54) is 5.56 Å². The molecule has 4 heteroatoms. The van der Waals surface area contributed by atoms with E-state index in [1.54, 1.807) is 5.01 Å². The first kappa shape index (κ1) is 14.3. The number of hydrogen-bond donors (Lipinski definition) is 1. The molecule has 0 saturated heterocycles. The summed E-state index contributed by atoms with van der Waals surface area (Å²) in [5.41, 5.74) is 1.24. The second-order valence-corrected chi connectivity index (χ2v) is 2.40. The van der Waals surface area contributed by atoms with Crippen molar-refractivity contribution in [3.8, 4) is 0 Å². The highest BCUT2D eigenvalue weighted by atomic mass is 35.5. The third-order valence-corrected chi connectivity index (χ3v) is 1.27. The van der Waals surface area contributed by atoms with Crippen LogP contribution >= 0.6 is 24.8 Å². The zero-order valence-corrected chi connectivity index (χ0v) is 8.57. The average molecular weight is 209 g/mol. The highest BCUT2D eigenvalue weighted by Gasteiger charge is 1.90. The molecule has 0 aliphatic heterocycles. The van der Waals surface area contributed by atoms with Crippen LogP contribution < -0.4 is 5.84 Å². The lowest BCUT2D eigenvalue weighted by Gasteiger charge is -2.07. The Morgan fingerprint density at radius 1 is 1.17 bits per heavy atom. The molecule has 0 amide bonds. The zero-order chi connectivity index (χ0) is 7.40. The number of nitrogens with zero attached hydrogens (tertiary/aromatic N) is 1. The Labute approximate surface area is 85.5 Å². The van der Waals surface area contributed by atoms with Crippen molar-refractivity contribution in [3.63, 3.8) is 0 Å². The standard InChI is InChI=1S/C8H12N2.2ClH/c1-10(9)7-8-5-3-2-4-6-8;;/h2-6H,7,9H2,1H3;2*1H. The molecule has 0 aliphatic rings. The van der Waals surface area contributed by atoms with E-state index < -0.39 is 0 Å². The minimum absolute atomic E-state index is 0. The summed E-state index contributed by atoms with van der Waals surface area (Å²) in [4.78, 5) is 0. The van der Waals surface area contributed by atoms with Crippen LogP contribution in [-0.2, 0) is 6.54 Å². The fourth-order valence-corrected chi connectivity index (χ4v) is 0.871. The van der Waals surface area contributed by atoms with E-state index in [0.717, 1.165) is 6.54 Å². The van der Waals surface area contributed by atoms with Gasteiger partial charge in [-0.25, -0.2) is 5.01 Å². The Balaban J connectivity index is 0. The van der Waals surface area contributed by atoms with Crippen LogP contribution in [0.4, 0.5) is 0 Å². The molecule has 12 heavy (non-hydrogen) atoms. The zero-order valence-electron chi connectivity index (χ0n) is 6.93. The predicted molar refractivity (Wildman–Crippen MR) is 56.6 cm³/mol. The van der Waals surface area contributed by atoms with E-state index in [4.69, 9.17) is 5.84 Å². The van der Waals surface area contributed by atoms with Crippen LogP contribution in [0.1, 0.15) is 5.56 Å². The lowest BCUT2D eigenvalue weighted by molar-refractivity contribution is 0.341.